The van der Waals surface area contributed by atoms with Crippen molar-refractivity contribution in [2.45, 2.75) is 46.1 Å². The summed E-state index contributed by atoms with van der Waals surface area (Å²) in [5, 5.41) is 0. The maximum atomic E-state index is 13.0. The number of hydrogen-bond donors (Lipinski definition) is 0. The van der Waals surface area contributed by atoms with Gasteiger partial charge in [-0.05, 0) is 26.2 Å². The number of aromatic nitrogens is 1. The summed E-state index contributed by atoms with van der Waals surface area (Å²) in [4.78, 5) is 26.7. The number of carbonyl (C=O) groups excluding carboxylic acids is 2. The van der Waals surface area contributed by atoms with Crippen LogP contribution in [0.5, 0.6) is 0 Å². The third kappa shape index (κ3) is 3.57. The second-order valence-electron chi connectivity index (χ2n) is 6.52. The summed E-state index contributed by atoms with van der Waals surface area (Å²) in [7, 11) is 0. The monoisotopic (exact) mass is 346 g/mol. The van der Waals surface area contributed by atoms with Crippen LogP contribution >= 0.6 is 0 Å². The molecule has 0 N–H and O–H groups in total. The molecule has 1 fully saturated rings. The summed E-state index contributed by atoms with van der Waals surface area (Å²) in [5.41, 5.74) is 2.40. The van der Waals surface area contributed by atoms with Gasteiger partial charge in [0.25, 0.3) is 5.91 Å². The number of nitrogens with zero attached hydrogens (tertiary/aromatic N) is 2. The molecule has 136 valence electrons. The minimum Gasteiger partial charge on any atom is -0.466 e. The van der Waals surface area contributed by atoms with E-state index < -0.39 is 0 Å². The van der Waals surface area contributed by atoms with Crippen molar-refractivity contribution < 1.29 is 18.7 Å². The molecule has 1 amide bonds. The van der Waals surface area contributed by atoms with Crippen LogP contribution in [0.15, 0.2) is 22.8 Å². The van der Waals surface area contributed by atoms with Crippen LogP contribution in [0, 0.1) is 5.92 Å². The number of unbranched alkanes of at least 4 members (excludes halogenated alkanes) is 1. The molecule has 25 heavy (non-hydrogen) atoms. The van der Waals surface area contributed by atoms with Crippen LogP contribution in [0.2, 0.25) is 0 Å². The molecule has 6 nitrogen and oxygen atoms in total. The minimum atomic E-state index is -0.140. The number of carbonyl (C=O) groups is 2. The lowest BCUT2D eigenvalue weighted by molar-refractivity contribution is -0.149. The Balaban J connectivity index is 1.72. The quantitative estimate of drug-likeness (QED) is 0.752. The molecule has 0 saturated carbocycles. The molecular weight excluding hydrogens is 320 g/mol. The topological polar surface area (TPSA) is 64.7 Å². The lowest BCUT2D eigenvalue weighted by Crippen LogP contribution is -2.41. The number of likely N-dealkylation sites (tertiary alicyclic amines) is 1. The van der Waals surface area contributed by atoms with Crippen molar-refractivity contribution in [1.82, 2.24) is 9.47 Å². The fraction of sp³-hybridized carbons (Fsp3) is 0.579. The Morgan fingerprint density at radius 3 is 2.72 bits per heavy atom. The first-order valence-corrected chi connectivity index (χ1v) is 9.18. The molecule has 3 heterocycles. The van der Waals surface area contributed by atoms with Crippen LogP contribution in [0.25, 0.3) is 11.1 Å². The van der Waals surface area contributed by atoms with Gasteiger partial charge in [0.15, 0.2) is 5.58 Å². The van der Waals surface area contributed by atoms with Crippen LogP contribution in [0.3, 0.4) is 0 Å². The number of rotatable bonds is 6. The van der Waals surface area contributed by atoms with Gasteiger partial charge in [-0.15, -0.1) is 0 Å². The maximum absolute atomic E-state index is 13.0. The molecule has 2 aromatic heterocycles. The highest BCUT2D eigenvalue weighted by molar-refractivity contribution is 5.97. The maximum Gasteiger partial charge on any atom is 0.309 e. The van der Waals surface area contributed by atoms with E-state index in [1.54, 1.807) is 6.26 Å². The van der Waals surface area contributed by atoms with Gasteiger partial charge in [-0.3, -0.25) is 9.59 Å². The van der Waals surface area contributed by atoms with E-state index in [2.05, 4.69) is 11.5 Å². The highest BCUT2D eigenvalue weighted by Crippen LogP contribution is 2.25. The second kappa shape index (κ2) is 7.76. The molecule has 3 rings (SSSR count). The zero-order valence-electron chi connectivity index (χ0n) is 15.0. The van der Waals surface area contributed by atoms with Gasteiger partial charge in [0, 0.05) is 31.8 Å². The predicted octanol–water partition coefficient (Wildman–Crippen LogP) is 3.45. The van der Waals surface area contributed by atoms with E-state index in [1.807, 2.05) is 24.0 Å². The average molecular weight is 346 g/mol. The van der Waals surface area contributed by atoms with Gasteiger partial charge < -0.3 is 18.6 Å². The molecule has 0 unspecified atom stereocenters. The molecule has 0 atom stereocenters. The zero-order valence-corrected chi connectivity index (χ0v) is 15.0. The summed E-state index contributed by atoms with van der Waals surface area (Å²) in [6.45, 7) is 6.33. The number of esters is 1. The Kier molecular flexibility index (Phi) is 5.46. The van der Waals surface area contributed by atoms with Crippen LogP contribution in [0.4, 0.5) is 0 Å². The Morgan fingerprint density at radius 1 is 1.28 bits per heavy atom. The zero-order chi connectivity index (χ0) is 17.8. The van der Waals surface area contributed by atoms with Crippen LogP contribution in [-0.4, -0.2) is 41.0 Å². The highest BCUT2D eigenvalue weighted by atomic mass is 16.5. The average Bonchev–Trinajstić information content (AvgIpc) is 3.21. The van der Waals surface area contributed by atoms with E-state index in [0.29, 0.717) is 38.2 Å². The van der Waals surface area contributed by atoms with Gasteiger partial charge in [-0.25, -0.2) is 0 Å². The van der Waals surface area contributed by atoms with Crippen LogP contribution < -0.4 is 0 Å². The summed E-state index contributed by atoms with van der Waals surface area (Å²) < 4.78 is 12.6. The lowest BCUT2D eigenvalue weighted by Gasteiger charge is -2.31. The van der Waals surface area contributed by atoms with Crippen molar-refractivity contribution >= 4 is 23.0 Å². The van der Waals surface area contributed by atoms with Gasteiger partial charge in [0.1, 0.15) is 5.69 Å². The first kappa shape index (κ1) is 17.6. The van der Waals surface area contributed by atoms with E-state index in [-0.39, 0.29) is 17.8 Å². The van der Waals surface area contributed by atoms with E-state index in [1.165, 1.54) is 0 Å². The van der Waals surface area contributed by atoms with Crippen molar-refractivity contribution in [2.75, 3.05) is 19.7 Å². The van der Waals surface area contributed by atoms with Crippen LogP contribution in [0.1, 0.15) is 50.0 Å². The third-order valence-corrected chi connectivity index (χ3v) is 4.88. The highest BCUT2D eigenvalue weighted by Gasteiger charge is 2.30. The SMILES string of the molecule is CCCCn1c(C(=O)N2CCC(C(=O)OCC)CC2)cc2occc21. The Bertz CT molecular complexity index is 738. The molecule has 1 aliphatic heterocycles. The Labute approximate surface area is 147 Å². The molecule has 0 bridgehead atoms. The largest absolute Gasteiger partial charge is 0.466 e. The normalized spacial score (nSPS) is 15.7. The smallest absolute Gasteiger partial charge is 0.309 e. The van der Waals surface area contributed by atoms with Gasteiger partial charge in [-0.1, -0.05) is 13.3 Å². The van der Waals surface area contributed by atoms with Crippen molar-refractivity contribution in [3.05, 3.63) is 24.1 Å². The predicted molar refractivity (Wildman–Crippen MR) is 94.4 cm³/mol. The molecular formula is C19H26N2O4. The molecule has 0 radical (unpaired) electrons. The number of ether oxygens (including phenoxy) is 1. The van der Waals surface area contributed by atoms with Crippen molar-refractivity contribution in [3.8, 4) is 0 Å². The minimum absolute atomic E-state index is 0.0183. The Hall–Kier alpha value is -2.24. The first-order chi connectivity index (χ1) is 12.2. The van der Waals surface area contributed by atoms with Gasteiger partial charge in [-0.2, -0.15) is 0 Å². The van der Waals surface area contributed by atoms with Gasteiger partial charge in [0.2, 0.25) is 0 Å². The molecule has 1 aliphatic rings. The standard InChI is InChI=1S/C19H26N2O4/c1-3-5-9-21-15-8-12-25-17(15)13-16(21)18(22)20-10-6-14(7-11-20)19(23)24-4-2/h8,12-14H,3-7,9-11H2,1-2H3. The summed E-state index contributed by atoms with van der Waals surface area (Å²) in [6, 6.07) is 3.75. The number of piperidine rings is 1. The van der Waals surface area contributed by atoms with Gasteiger partial charge >= 0.3 is 5.97 Å². The summed E-state index contributed by atoms with van der Waals surface area (Å²) in [6.07, 6.45) is 5.06. The van der Waals surface area contributed by atoms with Crippen LogP contribution in [-0.2, 0) is 16.1 Å². The molecule has 0 spiro atoms. The third-order valence-electron chi connectivity index (χ3n) is 4.88. The fourth-order valence-corrected chi connectivity index (χ4v) is 3.45. The first-order valence-electron chi connectivity index (χ1n) is 9.18. The molecule has 2 aromatic rings. The summed E-state index contributed by atoms with van der Waals surface area (Å²) >= 11 is 0. The number of amides is 1. The van der Waals surface area contributed by atoms with Crippen molar-refractivity contribution in [3.63, 3.8) is 0 Å². The number of furan rings is 1. The van der Waals surface area contributed by atoms with Crippen molar-refractivity contribution in [2.24, 2.45) is 5.92 Å². The molecule has 0 aliphatic carbocycles. The number of fused-ring (bicyclic) bond motifs is 1. The molecule has 6 heteroatoms. The van der Waals surface area contributed by atoms with Gasteiger partial charge in [0.05, 0.1) is 24.3 Å². The van der Waals surface area contributed by atoms with E-state index >= 15 is 0 Å². The fourth-order valence-electron chi connectivity index (χ4n) is 3.45. The Morgan fingerprint density at radius 2 is 2.04 bits per heavy atom. The van der Waals surface area contributed by atoms with Crippen molar-refractivity contribution in [1.29, 1.82) is 0 Å². The number of hydrogen-bond acceptors (Lipinski definition) is 4. The molecule has 0 aromatic carbocycles. The second-order valence-corrected chi connectivity index (χ2v) is 6.52. The van der Waals surface area contributed by atoms with E-state index in [9.17, 15) is 9.59 Å². The number of aryl methyl sites for hydroxylation is 1. The lowest BCUT2D eigenvalue weighted by atomic mass is 9.97. The van der Waals surface area contributed by atoms with E-state index in [0.717, 1.165) is 30.5 Å². The molecule has 1 saturated heterocycles. The summed E-state index contributed by atoms with van der Waals surface area (Å²) in [5.74, 6) is -0.213. The van der Waals surface area contributed by atoms with E-state index in [4.69, 9.17) is 9.15 Å².